The predicted molar refractivity (Wildman–Crippen MR) is 83.6 cm³/mol. The van der Waals surface area contributed by atoms with Gasteiger partial charge in [0.25, 0.3) is 0 Å². The van der Waals surface area contributed by atoms with Gasteiger partial charge in [0.15, 0.2) is 0 Å². The van der Waals surface area contributed by atoms with E-state index in [2.05, 4.69) is 24.2 Å². The van der Waals surface area contributed by atoms with Crippen molar-refractivity contribution < 1.29 is 4.79 Å². The number of nitrogens with two attached hydrogens (primary N) is 1. The van der Waals surface area contributed by atoms with Crippen molar-refractivity contribution in [1.82, 2.24) is 4.90 Å². The molecule has 0 spiro atoms. The van der Waals surface area contributed by atoms with Crippen LogP contribution in [0.2, 0.25) is 0 Å². The quantitative estimate of drug-likeness (QED) is 0.784. The number of rotatable bonds is 6. The van der Waals surface area contributed by atoms with Crippen LogP contribution in [0.15, 0.2) is 18.2 Å². The van der Waals surface area contributed by atoms with Crippen LogP contribution in [0.1, 0.15) is 25.3 Å². The minimum atomic E-state index is 0.0504. The van der Waals surface area contributed by atoms with Crippen LogP contribution in [-0.2, 0) is 4.79 Å². The van der Waals surface area contributed by atoms with Crippen molar-refractivity contribution in [2.75, 3.05) is 31.2 Å². The van der Waals surface area contributed by atoms with Crippen LogP contribution < -0.4 is 11.1 Å². The summed E-state index contributed by atoms with van der Waals surface area (Å²) in [5, 5.41) is 2.94. The molecular weight excluding hydrogens is 250 g/mol. The average molecular weight is 275 g/mol. The Hall–Kier alpha value is -1.55. The van der Waals surface area contributed by atoms with Gasteiger partial charge in [-0.1, -0.05) is 13.0 Å². The van der Waals surface area contributed by atoms with Gasteiger partial charge >= 0.3 is 0 Å². The van der Waals surface area contributed by atoms with Gasteiger partial charge in [0.1, 0.15) is 0 Å². The van der Waals surface area contributed by atoms with Gasteiger partial charge in [-0.25, -0.2) is 0 Å². The lowest BCUT2D eigenvalue weighted by Crippen LogP contribution is -2.26. The molecule has 2 atom stereocenters. The van der Waals surface area contributed by atoms with Crippen molar-refractivity contribution in [1.29, 1.82) is 0 Å². The molecule has 110 valence electrons. The van der Waals surface area contributed by atoms with E-state index in [1.165, 1.54) is 6.42 Å². The molecule has 1 aliphatic rings. The molecule has 0 radical (unpaired) electrons. The van der Waals surface area contributed by atoms with E-state index in [-0.39, 0.29) is 5.91 Å². The van der Waals surface area contributed by atoms with Gasteiger partial charge < -0.3 is 16.0 Å². The molecule has 1 aliphatic carbocycles. The molecule has 0 saturated heterocycles. The van der Waals surface area contributed by atoms with Gasteiger partial charge in [-0.3, -0.25) is 4.79 Å². The molecule has 1 aromatic rings. The number of nitrogen functional groups attached to an aromatic ring is 1. The highest BCUT2D eigenvalue weighted by molar-refractivity contribution is 5.92. The second-order valence-electron chi connectivity index (χ2n) is 6.05. The zero-order chi connectivity index (χ0) is 14.7. The number of hydrogen-bond acceptors (Lipinski definition) is 3. The number of carbonyl (C=O) groups is 1. The van der Waals surface area contributed by atoms with Crippen molar-refractivity contribution in [2.45, 2.75) is 26.7 Å². The van der Waals surface area contributed by atoms with Crippen molar-refractivity contribution in [2.24, 2.45) is 11.8 Å². The second-order valence-corrected chi connectivity index (χ2v) is 6.05. The first-order valence-corrected chi connectivity index (χ1v) is 7.31. The Kier molecular flexibility index (Phi) is 4.65. The third-order valence-electron chi connectivity index (χ3n) is 4.19. The molecule has 2 unspecified atom stereocenters. The van der Waals surface area contributed by atoms with Crippen molar-refractivity contribution in [3.63, 3.8) is 0 Å². The van der Waals surface area contributed by atoms with E-state index in [4.69, 9.17) is 5.73 Å². The monoisotopic (exact) mass is 275 g/mol. The molecule has 1 aromatic carbocycles. The summed E-state index contributed by atoms with van der Waals surface area (Å²) in [4.78, 5) is 14.2. The van der Waals surface area contributed by atoms with Gasteiger partial charge in [-0.05, 0) is 49.9 Å². The van der Waals surface area contributed by atoms with Crippen LogP contribution >= 0.6 is 0 Å². The van der Waals surface area contributed by atoms with Crippen LogP contribution in [0.5, 0.6) is 0 Å². The summed E-state index contributed by atoms with van der Waals surface area (Å²) in [5.74, 6) is 1.75. The molecule has 0 bridgehead atoms. The molecule has 4 heteroatoms. The first-order valence-electron chi connectivity index (χ1n) is 7.31. The third-order valence-corrected chi connectivity index (χ3v) is 4.19. The van der Waals surface area contributed by atoms with Crippen molar-refractivity contribution in [3.05, 3.63) is 23.8 Å². The molecule has 20 heavy (non-hydrogen) atoms. The Bertz CT molecular complexity index is 487. The van der Waals surface area contributed by atoms with E-state index in [0.29, 0.717) is 12.1 Å². The lowest BCUT2D eigenvalue weighted by molar-refractivity contribution is -0.116. The van der Waals surface area contributed by atoms with Gasteiger partial charge in [-0.15, -0.1) is 0 Å². The number of carbonyl (C=O) groups excluding carboxylic acids is 1. The van der Waals surface area contributed by atoms with E-state index >= 15 is 0 Å². The maximum absolute atomic E-state index is 12.0. The summed E-state index contributed by atoms with van der Waals surface area (Å²) in [5.41, 5.74) is 8.29. The highest BCUT2D eigenvalue weighted by Gasteiger charge is 2.32. The molecule has 0 aromatic heterocycles. The Morgan fingerprint density at radius 3 is 2.85 bits per heavy atom. The summed E-state index contributed by atoms with van der Waals surface area (Å²) in [6.45, 7) is 6.11. The van der Waals surface area contributed by atoms with Crippen molar-refractivity contribution in [3.8, 4) is 0 Å². The smallest absolute Gasteiger partial charge is 0.225 e. The number of hydrogen-bond donors (Lipinski definition) is 2. The maximum Gasteiger partial charge on any atom is 0.225 e. The normalized spacial score (nSPS) is 21.0. The van der Waals surface area contributed by atoms with Crippen LogP contribution in [0.25, 0.3) is 0 Å². The van der Waals surface area contributed by atoms with Crippen LogP contribution in [0.3, 0.4) is 0 Å². The highest BCUT2D eigenvalue weighted by Crippen LogP contribution is 2.37. The predicted octanol–water partition coefficient (Wildman–Crippen LogP) is 2.49. The lowest BCUT2D eigenvalue weighted by atomic mass is 10.1. The lowest BCUT2D eigenvalue weighted by Gasteiger charge is -2.16. The largest absolute Gasteiger partial charge is 0.398 e. The first kappa shape index (κ1) is 14.9. The zero-order valence-electron chi connectivity index (χ0n) is 12.6. The highest BCUT2D eigenvalue weighted by atomic mass is 16.1. The Morgan fingerprint density at radius 1 is 1.50 bits per heavy atom. The second kappa shape index (κ2) is 6.27. The summed E-state index contributed by atoms with van der Waals surface area (Å²) in [6.07, 6.45) is 1.85. The number of amides is 1. The summed E-state index contributed by atoms with van der Waals surface area (Å²) in [6, 6.07) is 5.59. The molecule has 0 heterocycles. The minimum Gasteiger partial charge on any atom is -0.398 e. The topological polar surface area (TPSA) is 58.4 Å². The number of anilines is 2. The number of nitrogens with one attached hydrogen (secondary N) is 1. The standard InChI is InChI=1S/C16H25N3O/c1-11-9-13(11)10-19(3)8-7-16(20)18-15-6-4-5-14(17)12(15)2/h4-6,11,13H,7-10,17H2,1-3H3,(H,18,20). The number of nitrogens with zero attached hydrogens (tertiary/aromatic N) is 1. The fourth-order valence-electron chi connectivity index (χ4n) is 2.44. The van der Waals surface area contributed by atoms with E-state index in [1.807, 2.05) is 25.1 Å². The Morgan fingerprint density at radius 2 is 2.20 bits per heavy atom. The fourth-order valence-corrected chi connectivity index (χ4v) is 2.44. The SMILES string of the molecule is Cc1c(N)cccc1NC(=O)CCN(C)CC1CC1C. The molecule has 0 aliphatic heterocycles. The van der Waals surface area contributed by atoms with E-state index in [9.17, 15) is 4.79 Å². The molecule has 2 rings (SSSR count). The minimum absolute atomic E-state index is 0.0504. The molecule has 1 saturated carbocycles. The van der Waals surface area contributed by atoms with Crippen LogP contribution in [0.4, 0.5) is 11.4 Å². The van der Waals surface area contributed by atoms with E-state index in [0.717, 1.165) is 36.2 Å². The fraction of sp³-hybridized carbons (Fsp3) is 0.562. The first-order chi connectivity index (χ1) is 9.47. The Balaban J connectivity index is 1.76. The molecule has 1 amide bonds. The van der Waals surface area contributed by atoms with Gasteiger partial charge in [0, 0.05) is 30.9 Å². The summed E-state index contributed by atoms with van der Waals surface area (Å²) in [7, 11) is 2.09. The molecular formula is C16H25N3O. The molecule has 4 nitrogen and oxygen atoms in total. The third kappa shape index (κ3) is 3.97. The van der Waals surface area contributed by atoms with Gasteiger partial charge in [-0.2, -0.15) is 0 Å². The summed E-state index contributed by atoms with van der Waals surface area (Å²) >= 11 is 0. The maximum atomic E-state index is 12.0. The van der Waals surface area contributed by atoms with Crippen molar-refractivity contribution >= 4 is 17.3 Å². The summed E-state index contributed by atoms with van der Waals surface area (Å²) < 4.78 is 0. The zero-order valence-corrected chi connectivity index (χ0v) is 12.6. The molecule has 1 fully saturated rings. The van der Waals surface area contributed by atoms with Crippen LogP contribution in [0, 0.1) is 18.8 Å². The molecule has 3 N–H and O–H groups in total. The average Bonchev–Trinajstić information content (AvgIpc) is 3.08. The van der Waals surface area contributed by atoms with Crippen LogP contribution in [-0.4, -0.2) is 30.9 Å². The van der Waals surface area contributed by atoms with Gasteiger partial charge in [0.05, 0.1) is 0 Å². The van der Waals surface area contributed by atoms with E-state index in [1.54, 1.807) is 0 Å². The van der Waals surface area contributed by atoms with Gasteiger partial charge in [0.2, 0.25) is 5.91 Å². The Labute approximate surface area is 121 Å². The van der Waals surface area contributed by atoms with E-state index < -0.39 is 0 Å². The number of benzene rings is 1.